The van der Waals surface area contributed by atoms with E-state index in [9.17, 15) is 0 Å². The average Bonchev–Trinajstić information content (AvgIpc) is 1.69. The SMILES string of the molecule is C=CC#N.N#C[S-].[Na+]. The Morgan fingerprint density at radius 3 is 1.62 bits per heavy atom. The van der Waals surface area contributed by atoms with Gasteiger partial charge in [0.2, 0.25) is 0 Å². The second kappa shape index (κ2) is 28.3. The molecular weight excluding hydrogens is 131 g/mol. The van der Waals surface area contributed by atoms with Crippen LogP contribution in [0.25, 0.3) is 0 Å². The van der Waals surface area contributed by atoms with Gasteiger partial charge in [0.05, 0.1) is 6.07 Å². The molecule has 0 saturated heterocycles. The second-order valence-electron chi connectivity index (χ2n) is 0.425. The van der Waals surface area contributed by atoms with Crippen LogP contribution in [0.5, 0.6) is 0 Å². The molecule has 36 valence electrons. The molecule has 0 aromatic carbocycles. The van der Waals surface area contributed by atoms with Gasteiger partial charge >= 0.3 is 29.6 Å². The summed E-state index contributed by atoms with van der Waals surface area (Å²) < 4.78 is 0. The fourth-order valence-corrected chi connectivity index (χ4v) is 0. The quantitative estimate of drug-likeness (QED) is 0.162. The van der Waals surface area contributed by atoms with Crippen molar-refractivity contribution in [3.05, 3.63) is 12.7 Å². The molecule has 8 heavy (non-hydrogen) atoms. The Kier molecular flexibility index (Phi) is 55.5. The number of allylic oxidation sites excluding steroid dienone is 1. The molecule has 0 aromatic rings. The van der Waals surface area contributed by atoms with E-state index in [1.165, 1.54) is 11.5 Å². The summed E-state index contributed by atoms with van der Waals surface area (Å²) >= 11 is 3.70. The zero-order valence-electron chi connectivity index (χ0n) is 4.59. The molecule has 0 spiro atoms. The van der Waals surface area contributed by atoms with E-state index in [0.717, 1.165) is 0 Å². The summed E-state index contributed by atoms with van der Waals surface area (Å²) in [6.45, 7) is 3.12. The zero-order chi connectivity index (χ0) is 6.12. The minimum absolute atomic E-state index is 0. The van der Waals surface area contributed by atoms with Gasteiger partial charge in [-0.2, -0.15) is 5.26 Å². The van der Waals surface area contributed by atoms with E-state index >= 15 is 0 Å². The first-order chi connectivity index (χ1) is 3.33. The summed E-state index contributed by atoms with van der Waals surface area (Å²) in [6.07, 6.45) is 1.18. The third kappa shape index (κ3) is 164. The van der Waals surface area contributed by atoms with E-state index in [4.69, 9.17) is 10.5 Å². The van der Waals surface area contributed by atoms with Crippen LogP contribution in [-0.2, 0) is 12.6 Å². The van der Waals surface area contributed by atoms with Gasteiger partial charge in [0.1, 0.15) is 0 Å². The van der Waals surface area contributed by atoms with Crippen molar-refractivity contribution in [3.8, 4) is 11.5 Å². The molecule has 0 aliphatic carbocycles. The number of nitriles is 2. The second-order valence-corrected chi connectivity index (χ2v) is 0.607. The topological polar surface area (TPSA) is 47.6 Å². The Labute approximate surface area is 76.5 Å². The Morgan fingerprint density at radius 1 is 1.50 bits per heavy atom. The van der Waals surface area contributed by atoms with E-state index in [1.807, 2.05) is 0 Å². The average molecular weight is 134 g/mol. The fourth-order valence-electron chi connectivity index (χ4n) is 0. The Hall–Kier alpha value is -0.0600. The van der Waals surface area contributed by atoms with Gasteiger partial charge in [0.25, 0.3) is 0 Å². The number of rotatable bonds is 0. The van der Waals surface area contributed by atoms with Crippen molar-refractivity contribution >= 4 is 12.6 Å². The maximum atomic E-state index is 7.51. The van der Waals surface area contributed by atoms with Crippen LogP contribution in [0.1, 0.15) is 0 Å². The summed E-state index contributed by atoms with van der Waals surface area (Å²) in [7, 11) is 0. The van der Waals surface area contributed by atoms with Crippen molar-refractivity contribution in [3.63, 3.8) is 0 Å². The van der Waals surface area contributed by atoms with Gasteiger partial charge in [-0.15, -0.1) is 0 Å². The van der Waals surface area contributed by atoms with E-state index in [-0.39, 0.29) is 29.6 Å². The predicted octanol–water partition coefficient (Wildman–Crippen LogP) is -2.29. The van der Waals surface area contributed by atoms with Crippen LogP contribution in [0.15, 0.2) is 12.7 Å². The molecule has 4 heteroatoms. The van der Waals surface area contributed by atoms with Crippen LogP contribution in [0.3, 0.4) is 0 Å². The van der Waals surface area contributed by atoms with Gasteiger partial charge in [-0.05, 0) is 0 Å². The molecule has 0 aromatic heterocycles. The molecule has 0 atom stereocenters. The van der Waals surface area contributed by atoms with Gasteiger partial charge < -0.3 is 12.6 Å². The Morgan fingerprint density at radius 2 is 1.62 bits per heavy atom. The van der Waals surface area contributed by atoms with Crippen molar-refractivity contribution in [1.29, 1.82) is 10.5 Å². The number of thiocyanates is 1. The fraction of sp³-hybridized carbons (Fsp3) is 0. The molecule has 0 radical (unpaired) electrons. The molecule has 0 N–H and O–H groups in total. The molecular formula is C4H3N2NaS. The zero-order valence-corrected chi connectivity index (χ0v) is 7.40. The molecule has 0 amide bonds. The summed E-state index contributed by atoms with van der Waals surface area (Å²) in [5.41, 5.74) is 0. The first-order valence-corrected chi connectivity index (χ1v) is 1.76. The van der Waals surface area contributed by atoms with E-state index in [2.05, 4.69) is 19.2 Å². The smallest absolute Gasteiger partial charge is 0.696 e. The van der Waals surface area contributed by atoms with Crippen LogP contribution in [-0.4, -0.2) is 0 Å². The maximum Gasteiger partial charge on any atom is 1.00 e. The van der Waals surface area contributed by atoms with Crippen LogP contribution in [0.2, 0.25) is 0 Å². The largest absolute Gasteiger partial charge is 1.00 e. The van der Waals surface area contributed by atoms with Crippen molar-refractivity contribution in [2.24, 2.45) is 0 Å². The summed E-state index contributed by atoms with van der Waals surface area (Å²) in [5.74, 6) is 0. The van der Waals surface area contributed by atoms with E-state index in [0.29, 0.717) is 0 Å². The van der Waals surface area contributed by atoms with Crippen LogP contribution in [0, 0.1) is 22.0 Å². The van der Waals surface area contributed by atoms with Gasteiger partial charge in [-0.25, -0.2) is 5.26 Å². The van der Waals surface area contributed by atoms with Gasteiger partial charge in [-0.3, -0.25) is 0 Å². The van der Waals surface area contributed by atoms with Crippen molar-refractivity contribution in [1.82, 2.24) is 0 Å². The Balaban J connectivity index is -0.0000000575. The molecule has 2 nitrogen and oxygen atoms in total. The van der Waals surface area contributed by atoms with Gasteiger partial charge in [0, 0.05) is 6.08 Å². The van der Waals surface area contributed by atoms with Crippen LogP contribution >= 0.6 is 0 Å². The third-order valence-electron chi connectivity index (χ3n) is 0.0913. The summed E-state index contributed by atoms with van der Waals surface area (Å²) in [5, 5.41) is 16.0. The normalized spacial score (nSPS) is 2.75. The standard InChI is InChI=1S/C3H3N.CHNS.Na/c1-2-3-4;2-1-3;/h2H,1H2;3H;/q;;+1/p-1. The predicted molar refractivity (Wildman–Crippen MR) is 28.8 cm³/mol. The molecule has 0 bridgehead atoms. The van der Waals surface area contributed by atoms with E-state index in [1.54, 1.807) is 6.07 Å². The van der Waals surface area contributed by atoms with Crippen LogP contribution in [0.4, 0.5) is 0 Å². The minimum Gasteiger partial charge on any atom is -0.696 e. The number of hydrogen-bond acceptors (Lipinski definition) is 3. The molecule has 0 rings (SSSR count). The first kappa shape index (κ1) is 15.7. The van der Waals surface area contributed by atoms with Gasteiger partial charge in [0.15, 0.2) is 0 Å². The minimum atomic E-state index is 0. The van der Waals surface area contributed by atoms with Crippen molar-refractivity contribution in [2.45, 2.75) is 0 Å². The van der Waals surface area contributed by atoms with Crippen molar-refractivity contribution in [2.75, 3.05) is 0 Å². The molecule has 0 heterocycles. The Bertz CT molecular complexity index is 110. The number of nitrogens with zero attached hydrogens (tertiary/aromatic N) is 2. The van der Waals surface area contributed by atoms with Crippen molar-refractivity contribution < 1.29 is 29.6 Å². The first-order valence-electron chi connectivity index (χ1n) is 1.35. The van der Waals surface area contributed by atoms with Crippen LogP contribution < -0.4 is 29.6 Å². The molecule has 0 unspecified atom stereocenters. The summed E-state index contributed by atoms with van der Waals surface area (Å²) in [4.78, 5) is 0. The number of hydrogen-bond donors (Lipinski definition) is 0. The molecule has 0 saturated carbocycles. The monoisotopic (exact) mass is 134 g/mol. The maximum absolute atomic E-state index is 7.51. The summed E-state index contributed by atoms with van der Waals surface area (Å²) in [6, 6.07) is 1.69. The van der Waals surface area contributed by atoms with E-state index < -0.39 is 0 Å². The molecule has 0 fully saturated rings. The third-order valence-corrected chi connectivity index (χ3v) is 0.0913. The molecule has 0 aliphatic rings. The molecule has 0 aliphatic heterocycles. The van der Waals surface area contributed by atoms with Gasteiger partial charge in [-0.1, -0.05) is 12.0 Å².